The number of phenols is 1. The maximum Gasteiger partial charge on any atom is 0.201 e. The van der Waals surface area contributed by atoms with Crippen LogP contribution in [0, 0.1) is 0 Å². The highest BCUT2D eigenvalue weighted by atomic mass is 16.5. The summed E-state index contributed by atoms with van der Waals surface area (Å²) >= 11 is 0. The fraction of sp³-hybridized carbons (Fsp3) is 0.125. The average Bonchev–Trinajstić information content (AvgIpc) is 2.50. The predicted octanol–water partition coefficient (Wildman–Crippen LogP) is 1.67. The lowest BCUT2D eigenvalue weighted by molar-refractivity contribution is 0.0974. The lowest BCUT2D eigenvalue weighted by Crippen LogP contribution is -2.22. The number of aliphatic hydroxyl groups excluding tert-OH is 1. The molecule has 2 N–H and O–H groups in total. The van der Waals surface area contributed by atoms with Gasteiger partial charge in [-0.05, 0) is 23.8 Å². The molecule has 0 bridgehead atoms. The van der Waals surface area contributed by atoms with Crippen LogP contribution in [0.25, 0.3) is 0 Å². The Morgan fingerprint density at radius 2 is 1.81 bits per heavy atom. The van der Waals surface area contributed by atoms with Gasteiger partial charge in [-0.1, -0.05) is 12.1 Å². The van der Waals surface area contributed by atoms with E-state index in [0.29, 0.717) is 11.3 Å². The Morgan fingerprint density at radius 3 is 2.48 bits per heavy atom. The van der Waals surface area contributed by atoms with Gasteiger partial charge in [0.1, 0.15) is 11.5 Å². The number of benzene rings is 2. The monoisotopic (exact) mass is 284 g/mol. The van der Waals surface area contributed by atoms with Crippen molar-refractivity contribution in [2.24, 2.45) is 0 Å². The van der Waals surface area contributed by atoms with Crippen molar-refractivity contribution in [1.82, 2.24) is 0 Å². The maximum absolute atomic E-state index is 12.6. The first kappa shape index (κ1) is 13.3. The fourth-order valence-electron chi connectivity index (χ4n) is 2.59. The van der Waals surface area contributed by atoms with Crippen molar-refractivity contribution >= 4 is 11.6 Å². The molecule has 2 aromatic rings. The van der Waals surface area contributed by atoms with E-state index in [1.807, 2.05) is 0 Å². The van der Waals surface area contributed by atoms with E-state index >= 15 is 0 Å². The van der Waals surface area contributed by atoms with E-state index in [9.17, 15) is 14.7 Å². The molecule has 0 saturated heterocycles. The molecule has 5 heteroatoms. The minimum absolute atomic E-state index is 0.0470. The molecule has 0 saturated carbocycles. The molecule has 0 radical (unpaired) electrons. The molecule has 3 rings (SSSR count). The van der Waals surface area contributed by atoms with Crippen LogP contribution in [0.15, 0.2) is 30.3 Å². The Morgan fingerprint density at radius 1 is 1.05 bits per heavy atom. The van der Waals surface area contributed by atoms with Crippen LogP contribution in [-0.4, -0.2) is 28.9 Å². The molecule has 2 aromatic carbocycles. The van der Waals surface area contributed by atoms with Gasteiger partial charge in [0.15, 0.2) is 5.78 Å². The zero-order valence-electron chi connectivity index (χ0n) is 11.2. The molecule has 5 nitrogen and oxygen atoms in total. The molecule has 0 amide bonds. The summed E-state index contributed by atoms with van der Waals surface area (Å²) in [6.45, 7) is -0.326. The van der Waals surface area contributed by atoms with E-state index in [0.717, 1.165) is 0 Å². The van der Waals surface area contributed by atoms with Crippen molar-refractivity contribution in [3.05, 3.63) is 58.1 Å². The highest BCUT2D eigenvalue weighted by molar-refractivity contribution is 6.30. The fourth-order valence-corrected chi connectivity index (χ4v) is 2.59. The molecule has 0 fully saturated rings. The van der Waals surface area contributed by atoms with E-state index in [2.05, 4.69) is 0 Å². The molecule has 1 aliphatic rings. The first-order valence-corrected chi connectivity index (χ1v) is 6.31. The predicted molar refractivity (Wildman–Crippen MR) is 73.9 cm³/mol. The van der Waals surface area contributed by atoms with Crippen molar-refractivity contribution < 1.29 is 24.5 Å². The number of fused-ring (bicyclic) bond motifs is 2. The van der Waals surface area contributed by atoms with Crippen LogP contribution >= 0.6 is 0 Å². The highest BCUT2D eigenvalue weighted by Crippen LogP contribution is 2.37. The van der Waals surface area contributed by atoms with Crippen molar-refractivity contribution in [3.63, 3.8) is 0 Å². The SMILES string of the molecule is COc1cccc2c1C(=O)c1c(O)cc(CO)cc1C2=O. The van der Waals surface area contributed by atoms with Crippen LogP contribution < -0.4 is 4.74 Å². The van der Waals surface area contributed by atoms with E-state index in [1.54, 1.807) is 18.2 Å². The molecule has 0 spiro atoms. The standard InChI is InChI=1S/C16H12O5/c1-21-12-4-2-3-9-14(12)16(20)13-10(15(9)19)5-8(7-17)6-11(13)18/h2-6,17-18H,7H2,1H3. The van der Waals surface area contributed by atoms with Crippen LogP contribution in [0.4, 0.5) is 0 Å². The largest absolute Gasteiger partial charge is 0.507 e. The third-order valence-electron chi connectivity index (χ3n) is 3.55. The molecule has 0 heterocycles. The van der Waals surface area contributed by atoms with Gasteiger partial charge >= 0.3 is 0 Å². The third-order valence-corrected chi connectivity index (χ3v) is 3.55. The average molecular weight is 284 g/mol. The maximum atomic E-state index is 12.6. The molecule has 0 aromatic heterocycles. The summed E-state index contributed by atoms with van der Waals surface area (Å²) in [6, 6.07) is 7.48. The molecule has 106 valence electrons. The first-order chi connectivity index (χ1) is 10.1. The Bertz CT molecular complexity index is 776. The number of carbonyl (C=O) groups is 2. The first-order valence-electron chi connectivity index (χ1n) is 6.31. The van der Waals surface area contributed by atoms with Gasteiger partial charge in [0, 0.05) is 11.1 Å². The number of aromatic hydroxyl groups is 1. The van der Waals surface area contributed by atoms with Gasteiger partial charge in [-0.2, -0.15) is 0 Å². The molecule has 0 atom stereocenters. The number of methoxy groups -OCH3 is 1. The number of hydrogen-bond acceptors (Lipinski definition) is 5. The summed E-state index contributed by atoms with van der Waals surface area (Å²) in [5.41, 5.74) is 0.823. The van der Waals surface area contributed by atoms with Gasteiger partial charge in [-0.15, -0.1) is 0 Å². The van der Waals surface area contributed by atoms with Crippen molar-refractivity contribution in [2.45, 2.75) is 6.61 Å². The van der Waals surface area contributed by atoms with Crippen LogP contribution in [0.1, 0.15) is 37.4 Å². The second-order valence-electron chi connectivity index (χ2n) is 4.74. The normalized spacial score (nSPS) is 12.9. The lowest BCUT2D eigenvalue weighted by Gasteiger charge is -2.20. The quantitative estimate of drug-likeness (QED) is 0.748. The van der Waals surface area contributed by atoms with Crippen LogP contribution in [-0.2, 0) is 6.61 Å². The Labute approximate surface area is 120 Å². The molecule has 21 heavy (non-hydrogen) atoms. The van der Waals surface area contributed by atoms with Gasteiger partial charge in [0.25, 0.3) is 0 Å². The number of phenolic OH excluding ortho intramolecular Hbond substituents is 1. The van der Waals surface area contributed by atoms with E-state index in [-0.39, 0.29) is 40.4 Å². The number of aliphatic hydroxyl groups is 1. The van der Waals surface area contributed by atoms with Crippen LogP contribution in [0.5, 0.6) is 11.5 Å². The minimum Gasteiger partial charge on any atom is -0.507 e. The van der Waals surface area contributed by atoms with Gasteiger partial charge in [0.2, 0.25) is 5.78 Å². The highest BCUT2D eigenvalue weighted by Gasteiger charge is 2.34. The Hall–Kier alpha value is -2.66. The second kappa shape index (κ2) is 4.71. The topological polar surface area (TPSA) is 83.8 Å². The zero-order valence-corrected chi connectivity index (χ0v) is 11.2. The summed E-state index contributed by atoms with van der Waals surface area (Å²) in [6.07, 6.45) is 0. The van der Waals surface area contributed by atoms with Crippen LogP contribution in [0.3, 0.4) is 0 Å². The van der Waals surface area contributed by atoms with Gasteiger partial charge in [0.05, 0.1) is 24.8 Å². The van der Waals surface area contributed by atoms with Crippen molar-refractivity contribution in [1.29, 1.82) is 0 Å². The number of carbonyl (C=O) groups excluding carboxylic acids is 2. The number of rotatable bonds is 2. The van der Waals surface area contributed by atoms with Gasteiger partial charge < -0.3 is 14.9 Å². The molecule has 0 aliphatic heterocycles. The molecule has 0 unspecified atom stereocenters. The van der Waals surface area contributed by atoms with E-state index < -0.39 is 5.78 Å². The molecular weight excluding hydrogens is 272 g/mol. The summed E-state index contributed by atoms with van der Waals surface area (Å²) < 4.78 is 5.14. The molecule has 1 aliphatic carbocycles. The number of hydrogen-bond donors (Lipinski definition) is 2. The second-order valence-corrected chi connectivity index (χ2v) is 4.74. The summed E-state index contributed by atoms with van der Waals surface area (Å²) in [4.78, 5) is 25.1. The zero-order chi connectivity index (χ0) is 15.1. The summed E-state index contributed by atoms with van der Waals surface area (Å²) in [5.74, 6) is -0.850. The number of ether oxygens (including phenoxy) is 1. The Kier molecular flexibility index (Phi) is 2.99. The summed E-state index contributed by atoms with van der Waals surface area (Å²) in [5, 5.41) is 19.2. The smallest absolute Gasteiger partial charge is 0.201 e. The van der Waals surface area contributed by atoms with E-state index in [1.165, 1.54) is 19.2 Å². The van der Waals surface area contributed by atoms with Crippen molar-refractivity contribution in [2.75, 3.05) is 7.11 Å². The van der Waals surface area contributed by atoms with Gasteiger partial charge in [-0.25, -0.2) is 0 Å². The lowest BCUT2D eigenvalue weighted by atomic mass is 9.82. The number of ketones is 2. The molecular formula is C16H12O5. The minimum atomic E-state index is -0.459. The third kappa shape index (κ3) is 1.82. The van der Waals surface area contributed by atoms with E-state index in [4.69, 9.17) is 9.84 Å². The summed E-state index contributed by atoms with van der Waals surface area (Å²) in [7, 11) is 1.41. The van der Waals surface area contributed by atoms with Gasteiger partial charge in [-0.3, -0.25) is 9.59 Å². The van der Waals surface area contributed by atoms with Crippen LogP contribution in [0.2, 0.25) is 0 Å². The van der Waals surface area contributed by atoms with Crippen molar-refractivity contribution in [3.8, 4) is 11.5 Å². The Balaban J connectivity index is 2.33.